The van der Waals surface area contributed by atoms with Crippen LogP contribution in [0.5, 0.6) is 0 Å². The van der Waals surface area contributed by atoms with Crippen molar-refractivity contribution in [1.82, 2.24) is 15.1 Å². The molecule has 19 heavy (non-hydrogen) atoms. The summed E-state index contributed by atoms with van der Waals surface area (Å²) in [5.74, 6) is 0.632. The number of aromatic amines is 1. The Kier molecular flexibility index (Phi) is 2.60. The Morgan fingerprint density at radius 2 is 2.05 bits per heavy atom. The first kappa shape index (κ1) is 11.2. The van der Waals surface area contributed by atoms with E-state index in [2.05, 4.69) is 15.1 Å². The molecule has 0 radical (unpaired) electrons. The predicted molar refractivity (Wildman–Crippen MR) is 70.2 cm³/mol. The van der Waals surface area contributed by atoms with Crippen molar-refractivity contribution in [3.05, 3.63) is 52.9 Å². The molecule has 0 saturated carbocycles. The van der Waals surface area contributed by atoms with E-state index in [-0.39, 0.29) is 11.4 Å². The van der Waals surface area contributed by atoms with Crippen LogP contribution in [0.1, 0.15) is 0 Å². The Morgan fingerprint density at radius 1 is 1.16 bits per heavy atom. The van der Waals surface area contributed by atoms with Crippen LogP contribution >= 0.6 is 0 Å². The van der Waals surface area contributed by atoms with Gasteiger partial charge in [-0.1, -0.05) is 17.3 Å². The highest BCUT2D eigenvalue weighted by atomic mass is 16.5. The van der Waals surface area contributed by atoms with Crippen molar-refractivity contribution in [3.8, 4) is 22.7 Å². The van der Waals surface area contributed by atoms with E-state index in [0.29, 0.717) is 22.7 Å². The van der Waals surface area contributed by atoms with E-state index in [4.69, 9.17) is 10.3 Å². The molecule has 0 aliphatic carbocycles. The summed E-state index contributed by atoms with van der Waals surface area (Å²) in [7, 11) is 0. The number of anilines is 1. The van der Waals surface area contributed by atoms with Crippen LogP contribution in [0.15, 0.2) is 51.9 Å². The smallest absolute Gasteiger partial charge is 0.248 e. The van der Waals surface area contributed by atoms with Gasteiger partial charge in [-0.05, 0) is 18.2 Å². The third-order valence-electron chi connectivity index (χ3n) is 2.65. The van der Waals surface area contributed by atoms with Crippen LogP contribution in [0.3, 0.4) is 0 Å². The van der Waals surface area contributed by atoms with E-state index >= 15 is 0 Å². The Bertz CT molecular complexity index is 762. The summed E-state index contributed by atoms with van der Waals surface area (Å²) in [6, 6.07) is 10.2. The Labute approximate surface area is 107 Å². The molecule has 0 aromatic carbocycles. The molecule has 0 bridgehead atoms. The Morgan fingerprint density at radius 3 is 2.79 bits per heavy atom. The van der Waals surface area contributed by atoms with Gasteiger partial charge >= 0.3 is 0 Å². The molecule has 0 spiro atoms. The average molecular weight is 254 g/mol. The van der Waals surface area contributed by atoms with Crippen molar-refractivity contribution in [2.24, 2.45) is 0 Å². The first-order valence-electron chi connectivity index (χ1n) is 5.62. The predicted octanol–water partition coefficient (Wildman–Crippen LogP) is 1.67. The molecule has 6 nitrogen and oxygen atoms in total. The monoisotopic (exact) mass is 254 g/mol. The van der Waals surface area contributed by atoms with Crippen LogP contribution in [0.2, 0.25) is 0 Å². The normalized spacial score (nSPS) is 10.5. The fraction of sp³-hybridized carbons (Fsp3) is 0. The Hall–Kier alpha value is -2.89. The summed E-state index contributed by atoms with van der Waals surface area (Å²) in [6.45, 7) is 0. The van der Waals surface area contributed by atoms with Crippen molar-refractivity contribution in [3.63, 3.8) is 0 Å². The maximum atomic E-state index is 11.4. The minimum atomic E-state index is -0.223. The molecular weight excluding hydrogens is 244 g/mol. The molecule has 3 rings (SSSR count). The highest BCUT2D eigenvalue weighted by Crippen LogP contribution is 2.33. The number of nitrogens with two attached hydrogens (primary N) is 1. The Balaban J connectivity index is 2.22. The molecule has 0 amide bonds. The van der Waals surface area contributed by atoms with E-state index in [9.17, 15) is 4.79 Å². The molecule has 0 aliphatic rings. The fourth-order valence-corrected chi connectivity index (χ4v) is 1.82. The molecule has 0 fully saturated rings. The van der Waals surface area contributed by atoms with Gasteiger partial charge in [0.2, 0.25) is 5.56 Å². The second-order valence-corrected chi connectivity index (χ2v) is 3.92. The molecular formula is C13H10N4O2. The summed E-state index contributed by atoms with van der Waals surface area (Å²) in [4.78, 5) is 18.2. The second kappa shape index (κ2) is 4.41. The number of nitrogen functional groups attached to an aromatic ring is 1. The number of pyridine rings is 2. The quantitative estimate of drug-likeness (QED) is 0.725. The molecule has 0 saturated heterocycles. The van der Waals surface area contributed by atoms with Crippen LogP contribution in [0, 0.1) is 0 Å². The van der Waals surface area contributed by atoms with Gasteiger partial charge in [0.15, 0.2) is 11.6 Å². The van der Waals surface area contributed by atoms with Crippen LogP contribution in [0.25, 0.3) is 22.7 Å². The zero-order valence-corrected chi connectivity index (χ0v) is 9.83. The van der Waals surface area contributed by atoms with Gasteiger partial charge in [0, 0.05) is 12.3 Å². The van der Waals surface area contributed by atoms with Crippen molar-refractivity contribution < 1.29 is 4.52 Å². The van der Waals surface area contributed by atoms with Gasteiger partial charge in [-0.15, -0.1) is 0 Å². The minimum absolute atomic E-state index is 0.223. The zero-order chi connectivity index (χ0) is 13.2. The molecule has 0 atom stereocenters. The van der Waals surface area contributed by atoms with Crippen LogP contribution in [0.4, 0.5) is 5.82 Å². The number of hydrogen-bond donors (Lipinski definition) is 2. The third-order valence-corrected chi connectivity index (χ3v) is 2.65. The van der Waals surface area contributed by atoms with Crippen LogP contribution in [-0.4, -0.2) is 15.1 Å². The van der Waals surface area contributed by atoms with Gasteiger partial charge in [0.1, 0.15) is 0 Å². The maximum Gasteiger partial charge on any atom is 0.248 e. The van der Waals surface area contributed by atoms with E-state index < -0.39 is 0 Å². The van der Waals surface area contributed by atoms with Crippen molar-refractivity contribution >= 4 is 5.82 Å². The van der Waals surface area contributed by atoms with E-state index in [1.807, 2.05) is 6.07 Å². The summed E-state index contributed by atoms with van der Waals surface area (Å²) < 4.78 is 5.21. The van der Waals surface area contributed by atoms with Crippen LogP contribution < -0.4 is 11.3 Å². The van der Waals surface area contributed by atoms with Gasteiger partial charge < -0.3 is 15.2 Å². The fourth-order valence-electron chi connectivity index (χ4n) is 1.82. The lowest BCUT2D eigenvalue weighted by Crippen LogP contribution is -2.03. The molecule has 0 aliphatic heterocycles. The lowest BCUT2D eigenvalue weighted by molar-refractivity contribution is 0.434. The molecule has 3 aromatic rings. The lowest BCUT2D eigenvalue weighted by Gasteiger charge is -2.01. The first-order chi connectivity index (χ1) is 9.25. The van der Waals surface area contributed by atoms with Gasteiger partial charge in [-0.25, -0.2) is 0 Å². The van der Waals surface area contributed by atoms with Gasteiger partial charge in [0.05, 0.1) is 17.0 Å². The van der Waals surface area contributed by atoms with Gasteiger partial charge in [-0.3, -0.25) is 9.78 Å². The molecule has 3 heterocycles. The molecule has 0 unspecified atom stereocenters. The number of H-pyrrole nitrogens is 1. The number of nitrogens with zero attached hydrogens (tertiary/aromatic N) is 2. The summed E-state index contributed by atoms with van der Waals surface area (Å²) in [5, 5.41) is 3.74. The highest BCUT2D eigenvalue weighted by Gasteiger charge is 2.18. The molecule has 3 aromatic heterocycles. The maximum absolute atomic E-state index is 11.4. The SMILES string of the molecule is Nc1noc(-c2cccc(=O)[nH]2)c1-c1ccccn1. The highest BCUT2D eigenvalue weighted by molar-refractivity contribution is 5.83. The molecule has 94 valence electrons. The van der Waals surface area contributed by atoms with Crippen molar-refractivity contribution in [2.45, 2.75) is 0 Å². The zero-order valence-electron chi connectivity index (χ0n) is 9.83. The summed E-state index contributed by atoms with van der Waals surface area (Å²) in [5.41, 5.74) is 7.31. The van der Waals surface area contributed by atoms with E-state index in [0.717, 1.165) is 0 Å². The number of hydrogen-bond acceptors (Lipinski definition) is 5. The number of rotatable bonds is 2. The van der Waals surface area contributed by atoms with Crippen molar-refractivity contribution in [2.75, 3.05) is 5.73 Å². The minimum Gasteiger partial charge on any atom is -0.380 e. The molecule has 6 heteroatoms. The number of aromatic nitrogens is 3. The van der Waals surface area contributed by atoms with Crippen LogP contribution in [-0.2, 0) is 0 Å². The van der Waals surface area contributed by atoms with E-state index in [1.54, 1.807) is 30.5 Å². The largest absolute Gasteiger partial charge is 0.380 e. The first-order valence-corrected chi connectivity index (χ1v) is 5.62. The van der Waals surface area contributed by atoms with Crippen molar-refractivity contribution in [1.29, 1.82) is 0 Å². The average Bonchev–Trinajstić information content (AvgIpc) is 2.82. The summed E-state index contributed by atoms with van der Waals surface area (Å²) >= 11 is 0. The third kappa shape index (κ3) is 1.99. The standard InChI is InChI=1S/C13H10N4O2/c14-13-11(8-4-1-2-7-15-8)12(19-17-13)9-5-3-6-10(18)16-9/h1-7H,(H2,14,17)(H,16,18). The molecule has 3 N–H and O–H groups in total. The van der Waals surface area contributed by atoms with Gasteiger partial charge in [0.25, 0.3) is 0 Å². The number of nitrogens with one attached hydrogen (secondary N) is 1. The summed E-state index contributed by atoms with van der Waals surface area (Å²) in [6.07, 6.45) is 1.65. The topological polar surface area (TPSA) is 97.8 Å². The van der Waals surface area contributed by atoms with Gasteiger partial charge in [-0.2, -0.15) is 0 Å². The van der Waals surface area contributed by atoms with E-state index in [1.165, 1.54) is 6.07 Å². The lowest BCUT2D eigenvalue weighted by atomic mass is 10.1. The second-order valence-electron chi connectivity index (χ2n) is 3.92.